The highest BCUT2D eigenvalue weighted by atomic mass is 79.9. The van der Waals surface area contributed by atoms with Gasteiger partial charge in [-0.25, -0.2) is 4.98 Å². The Morgan fingerprint density at radius 3 is 2.76 bits per heavy atom. The summed E-state index contributed by atoms with van der Waals surface area (Å²) in [6.07, 6.45) is 0.890. The van der Waals surface area contributed by atoms with Crippen molar-refractivity contribution in [3.63, 3.8) is 0 Å². The first kappa shape index (κ1) is 17.9. The van der Waals surface area contributed by atoms with E-state index >= 15 is 0 Å². The molecule has 0 unspecified atom stereocenters. The van der Waals surface area contributed by atoms with Crippen LogP contribution in [0.2, 0.25) is 0 Å². The maximum absolute atomic E-state index is 12.9. The number of ether oxygens (including phenoxy) is 1. The molecule has 1 aromatic heterocycles. The van der Waals surface area contributed by atoms with Crippen molar-refractivity contribution in [2.45, 2.75) is 16.0 Å². The van der Waals surface area contributed by atoms with Crippen LogP contribution in [-0.2, 0) is 9.53 Å². The van der Waals surface area contributed by atoms with Crippen LogP contribution >= 0.6 is 27.7 Å². The minimum Gasteiger partial charge on any atom is -0.367 e. The second-order valence-electron chi connectivity index (χ2n) is 5.43. The van der Waals surface area contributed by atoms with Gasteiger partial charge in [-0.05, 0) is 36.4 Å². The molecule has 2 N–H and O–H groups in total. The number of halogens is 1. The van der Waals surface area contributed by atoms with Gasteiger partial charge in [-0.1, -0.05) is 27.7 Å². The summed E-state index contributed by atoms with van der Waals surface area (Å²) in [6, 6.07) is 11.2. The maximum Gasteiger partial charge on any atom is 0.256 e. The third-order valence-corrected chi connectivity index (χ3v) is 5.26. The average molecular weight is 422 g/mol. The lowest BCUT2D eigenvalue weighted by Crippen LogP contribution is -2.50. The highest BCUT2D eigenvalue weighted by molar-refractivity contribution is 9.10. The number of primary amides is 1. The third-order valence-electron chi connectivity index (χ3n) is 3.70. The molecule has 130 valence electrons. The molecule has 25 heavy (non-hydrogen) atoms. The summed E-state index contributed by atoms with van der Waals surface area (Å²) >= 11 is 4.82. The topological polar surface area (TPSA) is 85.5 Å². The van der Waals surface area contributed by atoms with Crippen LogP contribution in [0.5, 0.6) is 0 Å². The molecule has 2 aromatic rings. The Bertz CT molecular complexity index is 785. The first-order valence-electron chi connectivity index (χ1n) is 7.63. The first-order valence-corrected chi connectivity index (χ1v) is 9.24. The summed E-state index contributed by atoms with van der Waals surface area (Å²) in [5.74, 6) is -0.740. The minimum absolute atomic E-state index is 0.158. The zero-order valence-corrected chi connectivity index (χ0v) is 15.6. The van der Waals surface area contributed by atoms with Crippen LogP contribution in [0.15, 0.2) is 57.0 Å². The molecule has 0 aliphatic carbocycles. The molecule has 3 rings (SSSR count). The smallest absolute Gasteiger partial charge is 0.256 e. The van der Waals surface area contributed by atoms with Gasteiger partial charge in [0.15, 0.2) is 6.10 Å². The SMILES string of the molecule is NC(=O)[C@H]1CN(C(=O)c2cccnc2Sc2ccc(Br)cc2)CCO1. The van der Waals surface area contributed by atoms with Gasteiger partial charge in [0.05, 0.1) is 18.7 Å². The fourth-order valence-corrected chi connectivity index (χ4v) is 3.56. The van der Waals surface area contributed by atoms with Gasteiger partial charge in [0.1, 0.15) is 5.03 Å². The molecule has 0 bridgehead atoms. The van der Waals surface area contributed by atoms with Crippen molar-refractivity contribution in [3.05, 3.63) is 52.6 Å². The molecule has 2 heterocycles. The van der Waals surface area contributed by atoms with E-state index in [-0.39, 0.29) is 19.1 Å². The number of nitrogens with zero attached hydrogens (tertiary/aromatic N) is 2. The number of rotatable bonds is 4. The normalized spacial score (nSPS) is 17.3. The first-order chi connectivity index (χ1) is 12.0. The van der Waals surface area contributed by atoms with Gasteiger partial charge in [0, 0.05) is 22.1 Å². The van der Waals surface area contributed by atoms with Gasteiger partial charge in [-0.2, -0.15) is 0 Å². The molecule has 1 saturated heterocycles. The zero-order valence-electron chi connectivity index (χ0n) is 13.2. The predicted octanol–water partition coefficient (Wildman–Crippen LogP) is 2.32. The molecule has 2 amide bonds. The number of hydrogen-bond acceptors (Lipinski definition) is 5. The van der Waals surface area contributed by atoms with E-state index in [2.05, 4.69) is 20.9 Å². The molecule has 1 aromatic carbocycles. The zero-order chi connectivity index (χ0) is 17.8. The summed E-state index contributed by atoms with van der Waals surface area (Å²) in [5.41, 5.74) is 5.79. The van der Waals surface area contributed by atoms with E-state index in [1.54, 1.807) is 23.2 Å². The number of amides is 2. The Kier molecular flexibility index (Phi) is 5.72. The molecule has 0 saturated carbocycles. The third kappa shape index (κ3) is 4.39. The summed E-state index contributed by atoms with van der Waals surface area (Å²) < 4.78 is 6.29. The van der Waals surface area contributed by atoms with E-state index in [1.807, 2.05) is 24.3 Å². The highest BCUT2D eigenvalue weighted by Crippen LogP contribution is 2.30. The predicted molar refractivity (Wildman–Crippen MR) is 97.3 cm³/mol. The van der Waals surface area contributed by atoms with Crippen molar-refractivity contribution in [1.82, 2.24) is 9.88 Å². The lowest BCUT2D eigenvalue weighted by molar-refractivity contribution is -0.133. The Morgan fingerprint density at radius 1 is 1.28 bits per heavy atom. The van der Waals surface area contributed by atoms with Gasteiger partial charge >= 0.3 is 0 Å². The number of aromatic nitrogens is 1. The Labute approximate surface area is 157 Å². The van der Waals surface area contributed by atoms with Gasteiger partial charge in [-0.15, -0.1) is 0 Å². The molecule has 1 atom stereocenters. The van der Waals surface area contributed by atoms with E-state index in [1.165, 1.54) is 11.8 Å². The summed E-state index contributed by atoms with van der Waals surface area (Å²) in [7, 11) is 0. The van der Waals surface area contributed by atoms with E-state index in [0.717, 1.165) is 9.37 Å². The van der Waals surface area contributed by atoms with Crippen LogP contribution in [0.3, 0.4) is 0 Å². The lowest BCUT2D eigenvalue weighted by atomic mass is 10.2. The fourth-order valence-electron chi connectivity index (χ4n) is 2.43. The van der Waals surface area contributed by atoms with E-state index < -0.39 is 12.0 Å². The maximum atomic E-state index is 12.9. The quantitative estimate of drug-likeness (QED) is 0.818. The van der Waals surface area contributed by atoms with Gasteiger partial charge in [0.25, 0.3) is 5.91 Å². The van der Waals surface area contributed by atoms with Crippen LogP contribution in [0.25, 0.3) is 0 Å². The number of benzene rings is 1. The molecular formula is C17H16BrN3O3S. The molecular weight excluding hydrogens is 406 g/mol. The van der Waals surface area contributed by atoms with Crippen molar-refractivity contribution >= 4 is 39.5 Å². The Balaban J connectivity index is 1.81. The Hall–Kier alpha value is -1.90. The van der Waals surface area contributed by atoms with E-state index in [9.17, 15) is 9.59 Å². The number of carbonyl (C=O) groups excluding carboxylic acids is 2. The van der Waals surface area contributed by atoms with Crippen molar-refractivity contribution in [2.75, 3.05) is 19.7 Å². The molecule has 0 radical (unpaired) electrons. The van der Waals surface area contributed by atoms with E-state index in [0.29, 0.717) is 17.1 Å². The number of nitrogens with two attached hydrogens (primary N) is 1. The largest absolute Gasteiger partial charge is 0.367 e. The van der Waals surface area contributed by atoms with Crippen molar-refractivity contribution < 1.29 is 14.3 Å². The summed E-state index contributed by atoms with van der Waals surface area (Å²) in [5, 5.41) is 0.622. The van der Waals surface area contributed by atoms with Crippen LogP contribution in [0.1, 0.15) is 10.4 Å². The monoisotopic (exact) mass is 421 g/mol. The van der Waals surface area contributed by atoms with Crippen LogP contribution in [0.4, 0.5) is 0 Å². The molecule has 1 aliphatic heterocycles. The van der Waals surface area contributed by atoms with Gasteiger partial charge in [-0.3, -0.25) is 9.59 Å². The van der Waals surface area contributed by atoms with Crippen molar-refractivity contribution in [1.29, 1.82) is 0 Å². The lowest BCUT2D eigenvalue weighted by Gasteiger charge is -2.31. The number of pyridine rings is 1. The molecule has 1 fully saturated rings. The minimum atomic E-state index is -0.767. The molecule has 8 heteroatoms. The Morgan fingerprint density at radius 2 is 2.04 bits per heavy atom. The van der Waals surface area contributed by atoms with Crippen molar-refractivity contribution in [2.24, 2.45) is 5.73 Å². The summed E-state index contributed by atoms with van der Waals surface area (Å²) in [6.45, 7) is 0.861. The van der Waals surface area contributed by atoms with Crippen molar-refractivity contribution in [3.8, 4) is 0 Å². The van der Waals surface area contributed by atoms with Crippen LogP contribution < -0.4 is 5.73 Å². The molecule has 0 spiro atoms. The van der Waals surface area contributed by atoms with E-state index in [4.69, 9.17) is 10.5 Å². The number of hydrogen-bond donors (Lipinski definition) is 1. The van der Waals surface area contributed by atoms with Crippen LogP contribution in [-0.4, -0.2) is 47.5 Å². The highest BCUT2D eigenvalue weighted by Gasteiger charge is 2.29. The second kappa shape index (κ2) is 7.99. The summed E-state index contributed by atoms with van der Waals surface area (Å²) in [4.78, 5) is 31.1. The number of morpholine rings is 1. The molecule has 1 aliphatic rings. The van der Waals surface area contributed by atoms with Gasteiger partial charge < -0.3 is 15.4 Å². The standard InChI is InChI=1S/C17H16BrN3O3S/c18-11-3-5-12(6-4-11)25-16-13(2-1-7-20-16)17(23)21-8-9-24-14(10-21)15(19)22/h1-7,14H,8-10H2,(H2,19,22)/t14-/m1/s1. The van der Waals surface area contributed by atoms with Crippen LogP contribution in [0, 0.1) is 0 Å². The van der Waals surface area contributed by atoms with Gasteiger partial charge in [0.2, 0.25) is 5.91 Å². The fraction of sp³-hybridized carbons (Fsp3) is 0.235. The number of carbonyl (C=O) groups is 2. The average Bonchev–Trinajstić information content (AvgIpc) is 2.63. The molecule has 6 nitrogen and oxygen atoms in total. The second-order valence-corrected chi connectivity index (χ2v) is 7.40.